The monoisotopic (exact) mass is 463 g/mol. The molecule has 0 unspecified atom stereocenters. The normalized spacial score (nSPS) is 15.5. The number of hydrogen-bond donors (Lipinski definition) is 5. The summed E-state index contributed by atoms with van der Waals surface area (Å²) in [5.41, 5.74) is 2.01. The van der Waals surface area contributed by atoms with Crippen molar-refractivity contribution in [3.8, 4) is 0 Å². The second kappa shape index (κ2) is 9.62. The van der Waals surface area contributed by atoms with Crippen LogP contribution < -0.4 is 5.63 Å². The first-order valence-corrected chi connectivity index (χ1v) is 10.5. The molecule has 0 aliphatic carbocycles. The van der Waals surface area contributed by atoms with Gasteiger partial charge in [0.25, 0.3) is 0 Å². The summed E-state index contributed by atoms with van der Waals surface area (Å²) in [4.78, 5) is 26.4. The fourth-order valence-electron chi connectivity index (χ4n) is 3.77. The van der Waals surface area contributed by atoms with Crippen LogP contribution in [0.5, 0.6) is 0 Å². The lowest BCUT2D eigenvalue weighted by Crippen LogP contribution is -2.50. The van der Waals surface area contributed by atoms with Crippen molar-refractivity contribution < 1.29 is 39.2 Å². The molecular formula is C23H29NO9. The molecule has 0 aliphatic heterocycles. The van der Waals surface area contributed by atoms with Gasteiger partial charge in [-0.2, -0.15) is 0 Å². The number of benzene rings is 1. The molecule has 0 radical (unpaired) electrons. The van der Waals surface area contributed by atoms with E-state index in [1.807, 2.05) is 19.9 Å². The molecule has 0 bridgehead atoms. The first-order valence-electron chi connectivity index (χ1n) is 10.5. The molecule has 1 aromatic carbocycles. The van der Waals surface area contributed by atoms with Gasteiger partial charge >= 0.3 is 5.63 Å². The first kappa shape index (κ1) is 24.9. The molecule has 0 spiro atoms. The van der Waals surface area contributed by atoms with Crippen molar-refractivity contribution in [2.24, 2.45) is 0 Å². The Hall–Kier alpha value is -2.76. The Morgan fingerprint density at radius 1 is 0.939 bits per heavy atom. The Labute approximate surface area is 189 Å². The minimum atomic E-state index is -1.80. The standard InChI is InChI=1S/C23H29NO9/c1-10-12(3)32-18-7-19-14(5-13(10)18)11(2)15(23(31)33-19)6-20(28)24(4)8-16(26)21(29)22(30)17(27)9-25/h5,7,16-17,21-22,25-27,29-30H,6,8-9H2,1-4H3/t16-,17-,21+,22-/m1/s1. The van der Waals surface area contributed by atoms with Gasteiger partial charge in [-0.1, -0.05) is 0 Å². The van der Waals surface area contributed by atoms with E-state index in [-0.39, 0.29) is 18.5 Å². The van der Waals surface area contributed by atoms with Gasteiger partial charge in [0.05, 0.1) is 18.6 Å². The Morgan fingerprint density at radius 3 is 2.15 bits per heavy atom. The van der Waals surface area contributed by atoms with Crippen LogP contribution in [0.1, 0.15) is 22.5 Å². The maximum atomic E-state index is 12.7. The zero-order valence-electron chi connectivity index (χ0n) is 18.9. The van der Waals surface area contributed by atoms with Crippen LogP contribution in [0.25, 0.3) is 21.9 Å². The predicted molar refractivity (Wildman–Crippen MR) is 119 cm³/mol. The molecule has 2 aromatic heterocycles. The molecule has 2 heterocycles. The zero-order chi connectivity index (χ0) is 24.6. The number of hydrogen-bond acceptors (Lipinski definition) is 9. The van der Waals surface area contributed by atoms with E-state index in [0.717, 1.165) is 21.6 Å². The lowest BCUT2D eigenvalue weighted by molar-refractivity contribution is -0.137. The van der Waals surface area contributed by atoms with Crippen LogP contribution in [0, 0.1) is 20.8 Å². The maximum absolute atomic E-state index is 12.7. The Balaban J connectivity index is 1.83. The van der Waals surface area contributed by atoms with Crippen LogP contribution in [0.15, 0.2) is 25.8 Å². The van der Waals surface area contributed by atoms with Crippen LogP contribution in [-0.4, -0.2) is 81.0 Å². The van der Waals surface area contributed by atoms with Crippen LogP contribution >= 0.6 is 0 Å². The number of aryl methyl sites for hydroxylation is 3. The van der Waals surface area contributed by atoms with Crippen molar-refractivity contribution in [1.82, 2.24) is 4.90 Å². The fourth-order valence-corrected chi connectivity index (χ4v) is 3.77. The summed E-state index contributed by atoms with van der Waals surface area (Å²) in [6.07, 6.45) is -7.12. The second-order valence-corrected chi connectivity index (χ2v) is 8.37. The average molecular weight is 463 g/mol. The smallest absolute Gasteiger partial charge is 0.340 e. The molecule has 4 atom stereocenters. The van der Waals surface area contributed by atoms with E-state index in [1.54, 1.807) is 13.0 Å². The maximum Gasteiger partial charge on any atom is 0.340 e. The number of rotatable bonds is 8. The van der Waals surface area contributed by atoms with E-state index < -0.39 is 42.6 Å². The third kappa shape index (κ3) is 4.80. The lowest BCUT2D eigenvalue weighted by atomic mass is 10.0. The molecule has 3 rings (SSSR count). The van der Waals surface area contributed by atoms with Gasteiger partial charge in [-0.3, -0.25) is 4.79 Å². The molecule has 1 amide bonds. The number of amides is 1. The zero-order valence-corrected chi connectivity index (χ0v) is 18.9. The van der Waals surface area contributed by atoms with E-state index in [2.05, 4.69) is 0 Å². The lowest BCUT2D eigenvalue weighted by Gasteiger charge is -2.28. The second-order valence-electron chi connectivity index (χ2n) is 8.37. The van der Waals surface area contributed by atoms with Crippen molar-refractivity contribution in [2.75, 3.05) is 20.2 Å². The van der Waals surface area contributed by atoms with Gasteiger partial charge in [0.1, 0.15) is 41.3 Å². The highest BCUT2D eigenvalue weighted by Crippen LogP contribution is 2.31. The van der Waals surface area contributed by atoms with Crippen LogP contribution in [0.2, 0.25) is 0 Å². The highest BCUT2D eigenvalue weighted by Gasteiger charge is 2.31. The number of furan rings is 1. The molecule has 0 saturated carbocycles. The molecule has 10 heteroatoms. The third-order valence-corrected chi connectivity index (χ3v) is 6.12. The average Bonchev–Trinajstić information content (AvgIpc) is 3.06. The van der Waals surface area contributed by atoms with E-state index in [4.69, 9.17) is 13.9 Å². The number of nitrogens with zero attached hydrogens (tertiary/aromatic N) is 1. The van der Waals surface area contributed by atoms with E-state index in [9.17, 15) is 30.0 Å². The number of aliphatic hydroxyl groups is 5. The number of aliphatic hydroxyl groups excluding tert-OH is 5. The fraction of sp³-hybridized carbons (Fsp3) is 0.478. The summed E-state index contributed by atoms with van der Waals surface area (Å²) in [7, 11) is 1.37. The van der Waals surface area contributed by atoms with E-state index in [1.165, 1.54) is 7.05 Å². The van der Waals surface area contributed by atoms with Gasteiger partial charge in [0, 0.05) is 30.4 Å². The van der Waals surface area contributed by atoms with E-state index >= 15 is 0 Å². The summed E-state index contributed by atoms with van der Waals surface area (Å²) >= 11 is 0. The topological polar surface area (TPSA) is 165 Å². The van der Waals surface area contributed by atoms with Gasteiger partial charge in [-0.15, -0.1) is 0 Å². The molecule has 0 aliphatic rings. The molecular weight excluding hydrogens is 434 g/mol. The quantitative estimate of drug-likeness (QED) is 0.287. The van der Waals surface area contributed by atoms with Crippen molar-refractivity contribution in [3.05, 3.63) is 45.0 Å². The largest absolute Gasteiger partial charge is 0.461 e. The van der Waals surface area contributed by atoms with Crippen molar-refractivity contribution in [2.45, 2.75) is 51.6 Å². The van der Waals surface area contributed by atoms with Gasteiger partial charge in [0.2, 0.25) is 5.91 Å². The van der Waals surface area contributed by atoms with Crippen LogP contribution in [-0.2, 0) is 11.2 Å². The van der Waals surface area contributed by atoms with Crippen LogP contribution in [0.4, 0.5) is 0 Å². The Morgan fingerprint density at radius 2 is 1.52 bits per heavy atom. The van der Waals surface area contributed by atoms with Crippen molar-refractivity contribution in [3.63, 3.8) is 0 Å². The summed E-state index contributed by atoms with van der Waals surface area (Å²) in [6, 6.07) is 3.51. The summed E-state index contributed by atoms with van der Waals surface area (Å²) < 4.78 is 11.1. The Kier molecular flexibility index (Phi) is 7.25. The Bertz CT molecular complexity index is 1230. The molecule has 3 aromatic rings. The van der Waals surface area contributed by atoms with E-state index in [0.29, 0.717) is 22.1 Å². The predicted octanol–water partition coefficient (Wildman–Crippen LogP) is -0.0987. The number of carbonyl (C=O) groups is 1. The van der Waals surface area contributed by atoms with Gasteiger partial charge in [-0.25, -0.2) is 4.79 Å². The molecule has 10 nitrogen and oxygen atoms in total. The summed E-state index contributed by atoms with van der Waals surface area (Å²) in [6.45, 7) is 4.32. The number of likely N-dealkylation sites (N-methyl/N-ethyl adjacent to an activating group) is 1. The number of fused-ring (bicyclic) bond motifs is 2. The highest BCUT2D eigenvalue weighted by atomic mass is 16.4. The van der Waals surface area contributed by atoms with Crippen LogP contribution in [0.3, 0.4) is 0 Å². The summed E-state index contributed by atoms with van der Waals surface area (Å²) in [5.74, 6) is 0.235. The third-order valence-electron chi connectivity index (χ3n) is 6.12. The molecule has 180 valence electrons. The van der Waals surface area contributed by atoms with Gasteiger partial charge < -0.3 is 39.3 Å². The minimum absolute atomic E-state index is 0.169. The minimum Gasteiger partial charge on any atom is -0.461 e. The molecule has 33 heavy (non-hydrogen) atoms. The van der Waals surface area contributed by atoms with Gasteiger partial charge in [-0.05, 0) is 38.0 Å². The summed E-state index contributed by atoms with van der Waals surface area (Å²) in [5, 5.41) is 49.6. The highest BCUT2D eigenvalue weighted by molar-refractivity contribution is 5.97. The van der Waals surface area contributed by atoms with Gasteiger partial charge in [0.15, 0.2) is 0 Å². The SMILES string of the molecule is Cc1oc2cc3oc(=O)c(CC(=O)N(C)C[C@@H](O)[C@H](O)[C@H](O)[C@H](O)CO)c(C)c3cc2c1C. The number of carbonyl (C=O) groups excluding carboxylic acids is 1. The van der Waals surface area contributed by atoms with Crippen molar-refractivity contribution >= 4 is 27.8 Å². The molecule has 0 saturated heterocycles. The first-order chi connectivity index (χ1) is 15.5. The van der Waals surface area contributed by atoms with Crippen molar-refractivity contribution in [1.29, 1.82) is 0 Å². The molecule has 0 fully saturated rings. The molecule has 5 N–H and O–H groups in total.